The van der Waals surface area contributed by atoms with Crippen LogP contribution in [0.3, 0.4) is 0 Å². The first-order valence-electron chi connectivity index (χ1n) is 6.15. The van der Waals surface area contributed by atoms with E-state index in [1.807, 2.05) is 6.07 Å². The number of aryl methyl sites for hydroxylation is 1. The minimum absolute atomic E-state index is 0.0849. The number of nitrogens with one attached hydrogen (secondary N) is 1. The summed E-state index contributed by atoms with van der Waals surface area (Å²) >= 11 is 5.75. The molecular weight excluding hydrogens is 276 g/mol. The summed E-state index contributed by atoms with van der Waals surface area (Å²) in [6.45, 7) is 0.637. The molecule has 0 aliphatic carbocycles. The van der Waals surface area contributed by atoms with Gasteiger partial charge in [0, 0.05) is 24.8 Å². The van der Waals surface area contributed by atoms with Crippen LogP contribution in [0.5, 0.6) is 0 Å². The van der Waals surface area contributed by atoms with E-state index in [0.717, 1.165) is 0 Å². The molecule has 2 rings (SSSR count). The topological polar surface area (TPSA) is 70.7 Å². The molecule has 5 nitrogen and oxygen atoms in total. The van der Waals surface area contributed by atoms with Crippen LogP contribution in [0.15, 0.2) is 36.7 Å². The number of anilines is 1. The predicted octanol–water partition coefficient (Wildman–Crippen LogP) is 2.83. The lowest BCUT2D eigenvalue weighted by Gasteiger charge is -2.05. The van der Waals surface area contributed by atoms with Crippen molar-refractivity contribution >= 4 is 23.2 Å². The molecule has 0 fully saturated rings. The van der Waals surface area contributed by atoms with Gasteiger partial charge in [0.1, 0.15) is 0 Å². The van der Waals surface area contributed by atoms with E-state index in [-0.39, 0.29) is 5.91 Å². The molecule has 6 heteroatoms. The third-order valence-electron chi connectivity index (χ3n) is 2.67. The first-order valence-corrected chi connectivity index (χ1v) is 6.53. The molecule has 0 bridgehead atoms. The Morgan fingerprint density at radius 3 is 3.05 bits per heavy atom. The van der Waals surface area contributed by atoms with E-state index in [4.69, 9.17) is 16.9 Å². The highest BCUT2D eigenvalue weighted by Crippen LogP contribution is 2.11. The van der Waals surface area contributed by atoms with Gasteiger partial charge in [-0.3, -0.25) is 9.48 Å². The predicted molar refractivity (Wildman–Crippen MR) is 76.3 cm³/mol. The number of benzene rings is 1. The second-order valence-corrected chi connectivity index (χ2v) is 4.70. The molecule has 0 atom stereocenters. The molecule has 2 aromatic rings. The van der Waals surface area contributed by atoms with Crippen molar-refractivity contribution in [2.24, 2.45) is 0 Å². The number of aromatic nitrogens is 2. The van der Waals surface area contributed by atoms with E-state index in [0.29, 0.717) is 35.7 Å². The normalized spacial score (nSPS) is 10.0. The Morgan fingerprint density at radius 1 is 1.50 bits per heavy atom. The van der Waals surface area contributed by atoms with Crippen LogP contribution in [0.4, 0.5) is 5.69 Å². The summed E-state index contributed by atoms with van der Waals surface area (Å²) < 4.78 is 1.70. The van der Waals surface area contributed by atoms with Gasteiger partial charge in [-0.05, 0) is 24.6 Å². The van der Waals surface area contributed by atoms with E-state index in [1.54, 1.807) is 41.3 Å². The van der Waals surface area contributed by atoms with Gasteiger partial charge < -0.3 is 5.32 Å². The molecule has 0 radical (unpaired) electrons. The highest BCUT2D eigenvalue weighted by atomic mass is 35.5. The average Bonchev–Trinajstić information content (AvgIpc) is 2.84. The van der Waals surface area contributed by atoms with Gasteiger partial charge in [-0.1, -0.05) is 17.7 Å². The zero-order valence-electron chi connectivity index (χ0n) is 10.7. The van der Waals surface area contributed by atoms with Gasteiger partial charge >= 0.3 is 0 Å². The van der Waals surface area contributed by atoms with Crippen LogP contribution in [0.25, 0.3) is 0 Å². The zero-order valence-corrected chi connectivity index (χ0v) is 11.5. The minimum atomic E-state index is -0.0849. The van der Waals surface area contributed by atoms with Crippen molar-refractivity contribution in [3.63, 3.8) is 0 Å². The molecule has 0 saturated carbocycles. The van der Waals surface area contributed by atoms with Crippen molar-refractivity contribution in [1.29, 1.82) is 5.26 Å². The smallest absolute Gasteiger partial charge is 0.224 e. The van der Waals surface area contributed by atoms with Gasteiger partial charge in [0.15, 0.2) is 0 Å². The molecule has 1 heterocycles. The number of nitriles is 1. The van der Waals surface area contributed by atoms with E-state index in [1.165, 1.54) is 0 Å². The minimum Gasteiger partial charge on any atom is -0.326 e. The zero-order chi connectivity index (χ0) is 14.4. The lowest BCUT2D eigenvalue weighted by Crippen LogP contribution is -2.12. The Hall–Kier alpha value is -2.32. The van der Waals surface area contributed by atoms with Crippen molar-refractivity contribution in [3.05, 3.63) is 47.2 Å². The maximum atomic E-state index is 11.8. The summed E-state index contributed by atoms with van der Waals surface area (Å²) in [7, 11) is 0. The number of halogens is 1. The quantitative estimate of drug-likeness (QED) is 0.919. The summed E-state index contributed by atoms with van der Waals surface area (Å²) in [5, 5.41) is 16.2. The van der Waals surface area contributed by atoms with Crippen molar-refractivity contribution < 1.29 is 4.79 Å². The monoisotopic (exact) mass is 288 g/mol. The Labute approximate surface area is 121 Å². The van der Waals surface area contributed by atoms with E-state index >= 15 is 0 Å². The SMILES string of the molecule is N#Cc1cccc(NC(=O)CCCn2cc(Cl)cn2)c1. The first kappa shape index (κ1) is 14.1. The van der Waals surface area contributed by atoms with Crippen molar-refractivity contribution in [3.8, 4) is 6.07 Å². The van der Waals surface area contributed by atoms with Crippen LogP contribution in [0.2, 0.25) is 5.02 Å². The van der Waals surface area contributed by atoms with E-state index in [2.05, 4.69) is 10.4 Å². The summed E-state index contributed by atoms with van der Waals surface area (Å²) in [5.74, 6) is -0.0849. The van der Waals surface area contributed by atoms with Gasteiger partial charge in [-0.2, -0.15) is 10.4 Å². The van der Waals surface area contributed by atoms with Crippen LogP contribution < -0.4 is 5.32 Å². The number of carbonyl (C=O) groups is 1. The van der Waals surface area contributed by atoms with Gasteiger partial charge in [0.2, 0.25) is 5.91 Å². The number of hydrogen-bond donors (Lipinski definition) is 1. The first-order chi connectivity index (χ1) is 9.67. The third kappa shape index (κ3) is 4.11. The van der Waals surface area contributed by atoms with Crippen molar-refractivity contribution in [1.82, 2.24) is 9.78 Å². The molecule has 0 spiro atoms. The summed E-state index contributed by atoms with van der Waals surface area (Å²) in [4.78, 5) is 11.8. The fourth-order valence-corrected chi connectivity index (χ4v) is 1.91. The molecule has 1 amide bonds. The number of amides is 1. The fourth-order valence-electron chi connectivity index (χ4n) is 1.75. The van der Waals surface area contributed by atoms with Gasteiger partial charge in [-0.25, -0.2) is 0 Å². The van der Waals surface area contributed by atoms with E-state index in [9.17, 15) is 4.79 Å². The summed E-state index contributed by atoms with van der Waals surface area (Å²) in [5.41, 5.74) is 1.16. The largest absolute Gasteiger partial charge is 0.326 e. The van der Waals surface area contributed by atoms with Gasteiger partial charge in [0.05, 0.1) is 22.9 Å². The molecule has 0 aliphatic heterocycles. The highest BCUT2D eigenvalue weighted by Gasteiger charge is 2.04. The number of carbonyl (C=O) groups excluding carboxylic acids is 1. The standard InChI is InChI=1S/C14H13ClN4O/c15-12-9-17-19(10-12)6-2-5-14(20)18-13-4-1-3-11(7-13)8-16/h1,3-4,7,9-10H,2,5-6H2,(H,18,20). The highest BCUT2D eigenvalue weighted by molar-refractivity contribution is 6.30. The molecule has 102 valence electrons. The summed E-state index contributed by atoms with van der Waals surface area (Å²) in [6.07, 6.45) is 4.33. The maximum absolute atomic E-state index is 11.8. The van der Waals surface area contributed by atoms with Crippen LogP contribution >= 0.6 is 11.6 Å². The number of rotatable bonds is 5. The summed E-state index contributed by atoms with van der Waals surface area (Å²) in [6, 6.07) is 8.86. The van der Waals surface area contributed by atoms with Crippen LogP contribution in [0.1, 0.15) is 18.4 Å². The lowest BCUT2D eigenvalue weighted by atomic mass is 10.2. The van der Waals surface area contributed by atoms with Crippen molar-refractivity contribution in [2.45, 2.75) is 19.4 Å². The Kier molecular flexibility index (Phi) is 4.75. The van der Waals surface area contributed by atoms with E-state index < -0.39 is 0 Å². The van der Waals surface area contributed by atoms with Gasteiger partial charge in [-0.15, -0.1) is 0 Å². The fraction of sp³-hybridized carbons (Fsp3) is 0.214. The van der Waals surface area contributed by atoms with Gasteiger partial charge in [0.25, 0.3) is 0 Å². The second kappa shape index (κ2) is 6.73. The van der Waals surface area contributed by atoms with Crippen LogP contribution in [-0.4, -0.2) is 15.7 Å². The Bertz CT molecular complexity index is 645. The molecule has 1 N–H and O–H groups in total. The molecule has 20 heavy (non-hydrogen) atoms. The molecule has 0 saturated heterocycles. The molecular formula is C14H13ClN4O. The average molecular weight is 289 g/mol. The van der Waals surface area contributed by atoms with Crippen molar-refractivity contribution in [2.75, 3.05) is 5.32 Å². The van der Waals surface area contributed by atoms with Crippen LogP contribution in [0, 0.1) is 11.3 Å². The second-order valence-electron chi connectivity index (χ2n) is 4.27. The molecule has 0 unspecified atom stereocenters. The van der Waals surface area contributed by atoms with Crippen LogP contribution in [-0.2, 0) is 11.3 Å². The number of nitrogens with zero attached hydrogens (tertiary/aromatic N) is 3. The molecule has 1 aromatic heterocycles. The molecule has 1 aromatic carbocycles. The third-order valence-corrected chi connectivity index (χ3v) is 2.86. The molecule has 0 aliphatic rings. The number of hydrogen-bond acceptors (Lipinski definition) is 3. The lowest BCUT2D eigenvalue weighted by molar-refractivity contribution is -0.116. The maximum Gasteiger partial charge on any atom is 0.224 e. The Morgan fingerprint density at radius 2 is 2.35 bits per heavy atom. The Balaban J connectivity index is 1.79.